The minimum absolute atomic E-state index is 0.00463. The Morgan fingerprint density at radius 3 is 2.85 bits per heavy atom. The Kier molecular flexibility index (Phi) is 3.99. The van der Waals surface area contributed by atoms with Crippen molar-refractivity contribution in [2.24, 2.45) is 5.41 Å². The van der Waals surface area contributed by atoms with Gasteiger partial charge in [-0.1, -0.05) is 6.07 Å². The number of nitrogens with zero attached hydrogens (tertiary/aromatic N) is 1. The second-order valence-electron chi connectivity index (χ2n) is 5.66. The molecule has 1 aromatic carbocycles. The Morgan fingerprint density at radius 2 is 2.25 bits per heavy atom. The van der Waals surface area contributed by atoms with E-state index >= 15 is 0 Å². The SMILES string of the molecule is CNC(=O)C1(C)CCN(c2cccc(F)c2[C@@H](C)O)C1. The van der Waals surface area contributed by atoms with Crippen LogP contribution in [0.4, 0.5) is 10.1 Å². The Balaban J connectivity index is 2.31. The summed E-state index contributed by atoms with van der Waals surface area (Å²) < 4.78 is 13.9. The first-order valence-corrected chi connectivity index (χ1v) is 6.82. The molecule has 2 atom stereocenters. The molecule has 1 amide bonds. The molecule has 2 rings (SSSR count). The lowest BCUT2D eigenvalue weighted by Crippen LogP contribution is -2.39. The number of hydrogen-bond donors (Lipinski definition) is 2. The van der Waals surface area contributed by atoms with Crippen LogP contribution >= 0.6 is 0 Å². The van der Waals surface area contributed by atoms with Crippen LogP contribution in [0.1, 0.15) is 31.9 Å². The van der Waals surface area contributed by atoms with Gasteiger partial charge in [-0.25, -0.2) is 4.39 Å². The molecule has 0 radical (unpaired) electrons. The number of hydrogen-bond acceptors (Lipinski definition) is 3. The third-order valence-corrected chi connectivity index (χ3v) is 4.04. The number of aliphatic hydroxyl groups excluding tert-OH is 1. The predicted molar refractivity (Wildman–Crippen MR) is 76.0 cm³/mol. The lowest BCUT2D eigenvalue weighted by molar-refractivity contribution is -0.128. The second kappa shape index (κ2) is 5.40. The van der Waals surface area contributed by atoms with Crippen molar-refractivity contribution in [2.45, 2.75) is 26.4 Å². The molecule has 5 heteroatoms. The van der Waals surface area contributed by atoms with Crippen molar-refractivity contribution in [1.29, 1.82) is 0 Å². The largest absolute Gasteiger partial charge is 0.389 e. The quantitative estimate of drug-likeness (QED) is 0.888. The molecule has 1 unspecified atom stereocenters. The molecule has 1 aliphatic rings. The molecule has 20 heavy (non-hydrogen) atoms. The second-order valence-corrected chi connectivity index (χ2v) is 5.66. The minimum Gasteiger partial charge on any atom is -0.389 e. The highest BCUT2D eigenvalue weighted by atomic mass is 19.1. The molecule has 1 aromatic rings. The minimum atomic E-state index is -0.877. The van der Waals surface area contributed by atoms with E-state index < -0.39 is 17.3 Å². The van der Waals surface area contributed by atoms with Gasteiger partial charge in [0.05, 0.1) is 11.5 Å². The smallest absolute Gasteiger partial charge is 0.227 e. The van der Waals surface area contributed by atoms with E-state index in [9.17, 15) is 14.3 Å². The van der Waals surface area contributed by atoms with Crippen molar-refractivity contribution in [3.05, 3.63) is 29.6 Å². The molecule has 2 N–H and O–H groups in total. The van der Waals surface area contributed by atoms with Crippen molar-refractivity contribution in [3.63, 3.8) is 0 Å². The van der Waals surface area contributed by atoms with Crippen LogP contribution in [-0.2, 0) is 4.79 Å². The molecular weight excluding hydrogens is 259 g/mol. The summed E-state index contributed by atoms with van der Waals surface area (Å²) in [6.07, 6.45) is -0.166. The fourth-order valence-corrected chi connectivity index (χ4v) is 2.87. The molecular formula is C15H21FN2O2. The van der Waals surface area contributed by atoms with Gasteiger partial charge in [-0.2, -0.15) is 0 Å². The van der Waals surface area contributed by atoms with Gasteiger partial charge in [-0.05, 0) is 32.4 Å². The summed E-state index contributed by atoms with van der Waals surface area (Å²) >= 11 is 0. The van der Waals surface area contributed by atoms with Gasteiger partial charge < -0.3 is 15.3 Å². The van der Waals surface area contributed by atoms with Gasteiger partial charge in [0.25, 0.3) is 0 Å². The van der Waals surface area contributed by atoms with Crippen LogP contribution in [-0.4, -0.2) is 31.2 Å². The third kappa shape index (κ3) is 2.50. The number of anilines is 1. The zero-order chi connectivity index (χ0) is 14.9. The first kappa shape index (κ1) is 14.8. The molecule has 0 bridgehead atoms. The zero-order valence-corrected chi connectivity index (χ0v) is 12.1. The highest BCUT2D eigenvalue weighted by Gasteiger charge is 2.40. The highest BCUT2D eigenvalue weighted by molar-refractivity contribution is 5.83. The van der Waals surface area contributed by atoms with E-state index in [-0.39, 0.29) is 5.91 Å². The number of benzene rings is 1. The topological polar surface area (TPSA) is 52.6 Å². The molecule has 1 saturated heterocycles. The zero-order valence-electron chi connectivity index (χ0n) is 12.1. The molecule has 0 spiro atoms. The summed E-state index contributed by atoms with van der Waals surface area (Å²) in [6.45, 7) is 4.66. The van der Waals surface area contributed by atoms with E-state index in [4.69, 9.17) is 0 Å². The van der Waals surface area contributed by atoms with E-state index in [0.717, 1.165) is 0 Å². The average molecular weight is 280 g/mol. The van der Waals surface area contributed by atoms with E-state index in [1.54, 1.807) is 26.1 Å². The van der Waals surface area contributed by atoms with Crippen LogP contribution in [0.5, 0.6) is 0 Å². The van der Waals surface area contributed by atoms with Crippen molar-refractivity contribution in [1.82, 2.24) is 5.32 Å². The maximum atomic E-state index is 13.9. The highest BCUT2D eigenvalue weighted by Crippen LogP contribution is 2.37. The summed E-state index contributed by atoms with van der Waals surface area (Å²) in [7, 11) is 1.62. The number of halogens is 1. The fourth-order valence-electron chi connectivity index (χ4n) is 2.87. The van der Waals surface area contributed by atoms with Gasteiger partial charge in [0.15, 0.2) is 0 Å². The summed E-state index contributed by atoms with van der Waals surface area (Å²) in [5.74, 6) is -0.416. The summed E-state index contributed by atoms with van der Waals surface area (Å²) in [6, 6.07) is 4.77. The molecule has 1 aliphatic heterocycles. The fraction of sp³-hybridized carbons (Fsp3) is 0.533. The number of carbonyl (C=O) groups is 1. The Hall–Kier alpha value is -1.62. The van der Waals surface area contributed by atoms with Crippen LogP contribution in [0.25, 0.3) is 0 Å². The van der Waals surface area contributed by atoms with E-state index in [1.807, 2.05) is 11.8 Å². The van der Waals surface area contributed by atoms with Gasteiger partial charge in [0, 0.05) is 31.4 Å². The Bertz CT molecular complexity index is 519. The van der Waals surface area contributed by atoms with Gasteiger partial charge in [-0.15, -0.1) is 0 Å². The van der Waals surface area contributed by atoms with E-state index in [1.165, 1.54) is 6.07 Å². The van der Waals surface area contributed by atoms with Crippen molar-refractivity contribution < 1.29 is 14.3 Å². The number of aliphatic hydroxyl groups is 1. The van der Waals surface area contributed by atoms with Crippen molar-refractivity contribution in [3.8, 4) is 0 Å². The molecule has 0 aromatic heterocycles. The van der Waals surface area contributed by atoms with Gasteiger partial charge >= 0.3 is 0 Å². The van der Waals surface area contributed by atoms with E-state index in [2.05, 4.69) is 5.32 Å². The third-order valence-electron chi connectivity index (χ3n) is 4.04. The number of carbonyl (C=O) groups excluding carboxylic acids is 1. The number of amides is 1. The van der Waals surface area contributed by atoms with Crippen molar-refractivity contribution in [2.75, 3.05) is 25.0 Å². The van der Waals surface area contributed by atoms with Gasteiger partial charge in [0.1, 0.15) is 5.82 Å². The normalized spacial score (nSPS) is 23.8. The Morgan fingerprint density at radius 1 is 1.55 bits per heavy atom. The van der Waals surface area contributed by atoms with Crippen LogP contribution < -0.4 is 10.2 Å². The standard InChI is InChI=1S/C15H21FN2O2/c1-10(19)13-11(16)5-4-6-12(13)18-8-7-15(2,9-18)14(20)17-3/h4-6,10,19H,7-9H2,1-3H3,(H,17,20)/t10-,15?/m1/s1. The molecule has 110 valence electrons. The van der Waals surface area contributed by atoms with Gasteiger partial charge in [0.2, 0.25) is 5.91 Å². The Labute approximate surface area is 118 Å². The van der Waals surface area contributed by atoms with Crippen LogP contribution in [0.15, 0.2) is 18.2 Å². The van der Waals surface area contributed by atoms with Crippen LogP contribution in [0.3, 0.4) is 0 Å². The first-order chi connectivity index (χ1) is 9.39. The first-order valence-electron chi connectivity index (χ1n) is 6.82. The maximum Gasteiger partial charge on any atom is 0.227 e. The van der Waals surface area contributed by atoms with Crippen molar-refractivity contribution >= 4 is 11.6 Å². The van der Waals surface area contributed by atoms with Crippen LogP contribution in [0, 0.1) is 11.2 Å². The maximum absolute atomic E-state index is 13.9. The van der Waals surface area contributed by atoms with Crippen LogP contribution in [0.2, 0.25) is 0 Å². The lowest BCUT2D eigenvalue weighted by Gasteiger charge is -2.26. The molecule has 0 aliphatic carbocycles. The lowest BCUT2D eigenvalue weighted by atomic mass is 9.89. The summed E-state index contributed by atoms with van der Waals surface area (Å²) in [5.41, 5.74) is 0.498. The predicted octanol–water partition coefficient (Wildman–Crippen LogP) is 1.84. The van der Waals surface area contributed by atoms with E-state index in [0.29, 0.717) is 30.8 Å². The molecule has 1 heterocycles. The number of nitrogens with one attached hydrogen (secondary N) is 1. The molecule has 1 fully saturated rings. The molecule has 4 nitrogen and oxygen atoms in total. The van der Waals surface area contributed by atoms with Gasteiger partial charge in [-0.3, -0.25) is 4.79 Å². The molecule has 0 saturated carbocycles. The number of rotatable bonds is 3. The average Bonchev–Trinajstić information content (AvgIpc) is 2.81. The summed E-state index contributed by atoms with van der Waals surface area (Å²) in [5, 5.41) is 12.5. The monoisotopic (exact) mass is 280 g/mol. The summed E-state index contributed by atoms with van der Waals surface area (Å²) in [4.78, 5) is 13.9.